The molecule has 124 valence electrons. The van der Waals surface area contributed by atoms with Crippen molar-refractivity contribution in [3.8, 4) is 0 Å². The van der Waals surface area contributed by atoms with Gasteiger partial charge in [-0.25, -0.2) is 9.59 Å². The van der Waals surface area contributed by atoms with Gasteiger partial charge in [-0.2, -0.15) is 0 Å². The number of carbonyl (C=O) groups excluding carboxylic acids is 1. The van der Waals surface area contributed by atoms with Gasteiger partial charge in [0.05, 0.1) is 12.0 Å². The molecule has 1 atom stereocenters. The van der Waals surface area contributed by atoms with Crippen molar-refractivity contribution in [3.63, 3.8) is 0 Å². The first kappa shape index (κ1) is 16.8. The van der Waals surface area contributed by atoms with Crippen LogP contribution in [0.2, 0.25) is 0 Å². The first-order valence-electron chi connectivity index (χ1n) is 7.55. The molecule has 7 heteroatoms. The number of nitrogens with zero attached hydrogens (tertiary/aromatic N) is 1. The Bertz CT molecular complexity index is 585. The third-order valence-electron chi connectivity index (χ3n) is 3.95. The Morgan fingerprint density at radius 3 is 2.48 bits per heavy atom. The number of carboxylic acids is 2. The van der Waals surface area contributed by atoms with Crippen LogP contribution in [0.4, 0.5) is 4.79 Å². The fourth-order valence-electron chi connectivity index (χ4n) is 2.72. The molecule has 1 saturated heterocycles. The Hall–Kier alpha value is -2.57. The second-order valence-corrected chi connectivity index (χ2v) is 5.59. The highest BCUT2D eigenvalue weighted by atomic mass is 16.4. The van der Waals surface area contributed by atoms with E-state index in [0.717, 1.165) is 18.4 Å². The number of amides is 2. The molecule has 0 unspecified atom stereocenters. The third kappa shape index (κ3) is 4.70. The van der Waals surface area contributed by atoms with E-state index in [1.807, 2.05) is 0 Å². The van der Waals surface area contributed by atoms with E-state index in [2.05, 4.69) is 5.32 Å². The van der Waals surface area contributed by atoms with Crippen LogP contribution in [0.25, 0.3) is 0 Å². The molecule has 7 nitrogen and oxygen atoms in total. The summed E-state index contributed by atoms with van der Waals surface area (Å²) in [5, 5.41) is 20.1. The molecule has 1 aromatic rings. The van der Waals surface area contributed by atoms with E-state index in [-0.39, 0.29) is 30.5 Å². The number of nitrogens with one attached hydrogen (secondary N) is 1. The lowest BCUT2D eigenvalue weighted by Gasteiger charge is -2.33. The average Bonchev–Trinajstić information content (AvgIpc) is 2.54. The van der Waals surface area contributed by atoms with Gasteiger partial charge >= 0.3 is 18.0 Å². The molecule has 2 rings (SSSR count). The van der Waals surface area contributed by atoms with Crippen LogP contribution in [-0.4, -0.2) is 52.7 Å². The Morgan fingerprint density at radius 2 is 1.87 bits per heavy atom. The van der Waals surface area contributed by atoms with Crippen molar-refractivity contribution in [2.24, 2.45) is 0 Å². The van der Waals surface area contributed by atoms with E-state index in [4.69, 9.17) is 10.2 Å². The van der Waals surface area contributed by atoms with Crippen LogP contribution < -0.4 is 5.32 Å². The summed E-state index contributed by atoms with van der Waals surface area (Å²) in [5.74, 6) is -1.74. The summed E-state index contributed by atoms with van der Waals surface area (Å²) >= 11 is 0. The van der Waals surface area contributed by atoms with E-state index >= 15 is 0 Å². The first-order chi connectivity index (χ1) is 11.0. The topological polar surface area (TPSA) is 107 Å². The van der Waals surface area contributed by atoms with E-state index in [9.17, 15) is 14.4 Å². The molecule has 2 amide bonds. The van der Waals surface area contributed by atoms with Gasteiger partial charge in [-0.1, -0.05) is 12.1 Å². The number of hydrogen-bond donors (Lipinski definition) is 3. The van der Waals surface area contributed by atoms with E-state index < -0.39 is 11.9 Å². The minimum Gasteiger partial charge on any atom is -0.481 e. The van der Waals surface area contributed by atoms with Crippen molar-refractivity contribution in [1.29, 1.82) is 0 Å². The number of hydrogen-bond acceptors (Lipinski definition) is 3. The third-order valence-corrected chi connectivity index (χ3v) is 3.95. The zero-order valence-electron chi connectivity index (χ0n) is 12.7. The van der Waals surface area contributed by atoms with Crippen LogP contribution in [0.1, 0.15) is 41.1 Å². The maximum absolute atomic E-state index is 12.0. The predicted molar refractivity (Wildman–Crippen MR) is 82.6 cm³/mol. The van der Waals surface area contributed by atoms with Crippen LogP contribution in [0, 0.1) is 0 Å². The molecule has 23 heavy (non-hydrogen) atoms. The summed E-state index contributed by atoms with van der Waals surface area (Å²) in [5.41, 5.74) is 1.26. The number of carbonyl (C=O) groups is 3. The lowest BCUT2D eigenvalue weighted by atomic mass is 9.90. The number of benzene rings is 1. The quantitative estimate of drug-likeness (QED) is 0.766. The molecule has 0 aliphatic carbocycles. The molecule has 1 aliphatic rings. The first-order valence-corrected chi connectivity index (χ1v) is 7.55. The second-order valence-electron chi connectivity index (χ2n) is 5.59. The minimum absolute atomic E-state index is 0.0976. The highest BCUT2D eigenvalue weighted by Gasteiger charge is 2.24. The highest BCUT2D eigenvalue weighted by Crippen LogP contribution is 2.27. The Morgan fingerprint density at radius 1 is 1.17 bits per heavy atom. The Balaban J connectivity index is 1.93. The van der Waals surface area contributed by atoms with Gasteiger partial charge in [0, 0.05) is 25.6 Å². The summed E-state index contributed by atoms with van der Waals surface area (Å²) in [4.78, 5) is 35.1. The number of rotatable bonds is 5. The second kappa shape index (κ2) is 7.62. The number of urea groups is 1. The summed E-state index contributed by atoms with van der Waals surface area (Å²) < 4.78 is 0. The van der Waals surface area contributed by atoms with Crippen molar-refractivity contribution in [1.82, 2.24) is 10.2 Å². The van der Waals surface area contributed by atoms with Gasteiger partial charge in [0.15, 0.2) is 0 Å². The normalized spacial score (nSPS) is 17.6. The zero-order chi connectivity index (χ0) is 16.8. The minimum atomic E-state index is -0.959. The highest BCUT2D eigenvalue weighted by molar-refractivity contribution is 5.87. The predicted octanol–water partition coefficient (Wildman–Crippen LogP) is 1.75. The molecule has 1 aliphatic heterocycles. The van der Waals surface area contributed by atoms with Crippen molar-refractivity contribution < 1.29 is 24.6 Å². The summed E-state index contributed by atoms with van der Waals surface area (Å²) in [7, 11) is 0. The van der Waals surface area contributed by atoms with Crippen LogP contribution >= 0.6 is 0 Å². The van der Waals surface area contributed by atoms with Crippen LogP contribution in [-0.2, 0) is 4.79 Å². The molecule has 0 radical (unpaired) electrons. The summed E-state index contributed by atoms with van der Waals surface area (Å²) in [6.07, 6.45) is 1.70. The molecule has 1 aromatic carbocycles. The van der Waals surface area contributed by atoms with Gasteiger partial charge < -0.3 is 20.4 Å². The molecular formula is C16H20N2O5. The molecule has 0 spiro atoms. The van der Waals surface area contributed by atoms with Gasteiger partial charge in [-0.05, 0) is 30.5 Å². The van der Waals surface area contributed by atoms with Crippen molar-refractivity contribution in [2.75, 3.05) is 19.6 Å². The Kier molecular flexibility index (Phi) is 5.56. The van der Waals surface area contributed by atoms with Gasteiger partial charge in [0.25, 0.3) is 0 Å². The van der Waals surface area contributed by atoms with Crippen molar-refractivity contribution in [2.45, 2.75) is 25.2 Å². The number of carboxylic acid groups (broad SMARTS) is 2. The summed E-state index contributed by atoms with van der Waals surface area (Å²) in [6, 6.07) is 6.48. The van der Waals surface area contributed by atoms with Gasteiger partial charge in [-0.3, -0.25) is 4.79 Å². The summed E-state index contributed by atoms with van der Waals surface area (Å²) in [6.45, 7) is 1.30. The van der Waals surface area contributed by atoms with Crippen molar-refractivity contribution in [3.05, 3.63) is 35.4 Å². The zero-order valence-corrected chi connectivity index (χ0v) is 12.7. The fourth-order valence-corrected chi connectivity index (χ4v) is 2.72. The lowest BCUT2D eigenvalue weighted by molar-refractivity contribution is -0.136. The standard InChI is InChI=1S/C16H20N2O5/c19-14(20)7-8-17-16(23)18-9-1-2-13(10-18)11-3-5-12(6-4-11)15(21)22/h3-6,13H,1-2,7-10H2,(H,17,23)(H,19,20)(H,21,22)/t13-/m0/s1. The largest absolute Gasteiger partial charge is 0.481 e. The van der Waals surface area contributed by atoms with E-state index in [0.29, 0.717) is 13.1 Å². The number of likely N-dealkylation sites (tertiary alicyclic amines) is 1. The van der Waals surface area contributed by atoms with Crippen LogP contribution in [0.5, 0.6) is 0 Å². The average molecular weight is 320 g/mol. The lowest BCUT2D eigenvalue weighted by Crippen LogP contribution is -2.45. The van der Waals surface area contributed by atoms with E-state index in [1.165, 1.54) is 0 Å². The SMILES string of the molecule is O=C(O)CCNC(=O)N1CCC[C@H](c2ccc(C(=O)O)cc2)C1. The van der Waals surface area contributed by atoms with Gasteiger partial charge in [0.2, 0.25) is 0 Å². The van der Waals surface area contributed by atoms with Gasteiger partial charge in [0.1, 0.15) is 0 Å². The van der Waals surface area contributed by atoms with Gasteiger partial charge in [-0.15, -0.1) is 0 Å². The number of piperidine rings is 1. The van der Waals surface area contributed by atoms with E-state index in [1.54, 1.807) is 29.2 Å². The molecule has 3 N–H and O–H groups in total. The maximum Gasteiger partial charge on any atom is 0.335 e. The molecular weight excluding hydrogens is 300 g/mol. The van der Waals surface area contributed by atoms with Crippen molar-refractivity contribution >= 4 is 18.0 Å². The van der Waals surface area contributed by atoms with Crippen LogP contribution in [0.15, 0.2) is 24.3 Å². The molecule has 0 bridgehead atoms. The number of aliphatic carboxylic acids is 1. The molecule has 1 fully saturated rings. The molecule has 0 saturated carbocycles. The van der Waals surface area contributed by atoms with Crippen LogP contribution in [0.3, 0.4) is 0 Å². The molecule has 1 heterocycles. The monoisotopic (exact) mass is 320 g/mol. The Labute approximate surface area is 133 Å². The smallest absolute Gasteiger partial charge is 0.335 e. The fraction of sp³-hybridized carbons (Fsp3) is 0.438. The number of aromatic carboxylic acids is 1. The molecule has 0 aromatic heterocycles. The maximum atomic E-state index is 12.0.